The molecule has 2 aromatic rings. The number of rotatable bonds is 4. The number of nitrogens with two attached hydrogens (primary N) is 1. The van der Waals surface area contributed by atoms with Crippen LogP contribution in [0.1, 0.15) is 18.4 Å². The van der Waals surface area contributed by atoms with E-state index < -0.39 is 15.8 Å². The van der Waals surface area contributed by atoms with E-state index in [1.165, 1.54) is 19.1 Å². The van der Waals surface area contributed by atoms with Gasteiger partial charge in [0.05, 0.1) is 11.4 Å². The molecular weight excluding hydrogens is 297 g/mol. The lowest BCUT2D eigenvalue weighted by molar-refractivity contribution is 0.390. The SMILES string of the molecule is CCN(c1ccc(F)c(N)c1)S(=O)(=O)c1c(C)noc1C. The van der Waals surface area contributed by atoms with Crippen molar-refractivity contribution in [3.8, 4) is 0 Å². The van der Waals surface area contributed by atoms with Crippen LogP contribution in [-0.4, -0.2) is 20.1 Å². The first-order valence-electron chi connectivity index (χ1n) is 6.29. The van der Waals surface area contributed by atoms with E-state index in [0.29, 0.717) is 0 Å². The highest BCUT2D eigenvalue weighted by atomic mass is 32.2. The monoisotopic (exact) mass is 313 g/mol. The van der Waals surface area contributed by atoms with Crippen LogP contribution in [-0.2, 0) is 10.0 Å². The first kappa shape index (κ1) is 15.3. The maximum absolute atomic E-state index is 13.2. The van der Waals surface area contributed by atoms with Crippen LogP contribution in [0.15, 0.2) is 27.6 Å². The Morgan fingerprint density at radius 2 is 2.05 bits per heavy atom. The summed E-state index contributed by atoms with van der Waals surface area (Å²) in [4.78, 5) is 0.0206. The van der Waals surface area contributed by atoms with Crippen LogP contribution in [0.2, 0.25) is 0 Å². The van der Waals surface area contributed by atoms with Crippen LogP contribution in [0.25, 0.3) is 0 Å². The second kappa shape index (κ2) is 5.36. The minimum absolute atomic E-state index is 0.0206. The molecule has 6 nitrogen and oxygen atoms in total. The number of benzene rings is 1. The Kier molecular flexibility index (Phi) is 3.91. The molecular formula is C13H16FN3O3S. The number of hydrogen-bond acceptors (Lipinski definition) is 5. The minimum Gasteiger partial charge on any atom is -0.396 e. The maximum atomic E-state index is 13.2. The Morgan fingerprint density at radius 3 is 2.52 bits per heavy atom. The van der Waals surface area contributed by atoms with Crippen LogP contribution in [0.5, 0.6) is 0 Å². The molecule has 0 aliphatic heterocycles. The fraction of sp³-hybridized carbons (Fsp3) is 0.308. The van der Waals surface area contributed by atoms with E-state index >= 15 is 0 Å². The summed E-state index contributed by atoms with van der Waals surface area (Å²) in [5.41, 5.74) is 5.96. The summed E-state index contributed by atoms with van der Waals surface area (Å²) in [5, 5.41) is 3.66. The lowest BCUT2D eigenvalue weighted by atomic mass is 10.2. The predicted octanol–water partition coefficient (Wildman–Crippen LogP) is 2.23. The Morgan fingerprint density at radius 1 is 1.38 bits per heavy atom. The molecule has 1 aromatic carbocycles. The third-order valence-corrected chi connectivity index (χ3v) is 5.22. The molecule has 2 N–H and O–H groups in total. The Balaban J connectivity index is 2.57. The van der Waals surface area contributed by atoms with Gasteiger partial charge in [-0.15, -0.1) is 0 Å². The van der Waals surface area contributed by atoms with E-state index in [-0.39, 0.29) is 34.3 Å². The standard InChI is InChI=1S/C13H16FN3O3S/c1-4-17(10-5-6-11(14)12(15)7-10)21(18,19)13-8(2)16-20-9(13)3/h5-7H,4,15H2,1-3H3. The summed E-state index contributed by atoms with van der Waals surface area (Å²) >= 11 is 0. The van der Waals surface area contributed by atoms with E-state index in [1.54, 1.807) is 13.8 Å². The van der Waals surface area contributed by atoms with Gasteiger partial charge in [-0.25, -0.2) is 12.8 Å². The van der Waals surface area contributed by atoms with Crippen molar-refractivity contribution < 1.29 is 17.3 Å². The first-order chi connectivity index (χ1) is 9.78. The fourth-order valence-corrected chi connectivity index (χ4v) is 3.89. The number of aromatic nitrogens is 1. The summed E-state index contributed by atoms with van der Waals surface area (Å²) in [6, 6.07) is 3.79. The number of halogens is 1. The summed E-state index contributed by atoms with van der Waals surface area (Å²) in [5.74, 6) is -0.384. The van der Waals surface area contributed by atoms with Crippen LogP contribution in [0, 0.1) is 19.7 Å². The molecule has 0 fully saturated rings. The normalized spacial score (nSPS) is 11.6. The van der Waals surface area contributed by atoms with E-state index in [1.807, 2.05) is 0 Å². The molecule has 0 unspecified atom stereocenters. The summed E-state index contributed by atoms with van der Waals surface area (Å²) < 4.78 is 44.8. The summed E-state index contributed by atoms with van der Waals surface area (Å²) in [7, 11) is -3.85. The molecule has 8 heteroatoms. The number of nitrogen functional groups attached to an aromatic ring is 1. The van der Waals surface area contributed by atoms with Gasteiger partial charge in [-0.2, -0.15) is 0 Å². The lowest BCUT2D eigenvalue weighted by Gasteiger charge is -2.23. The van der Waals surface area contributed by atoms with Gasteiger partial charge in [0.1, 0.15) is 11.5 Å². The fourth-order valence-electron chi connectivity index (χ4n) is 2.13. The highest BCUT2D eigenvalue weighted by molar-refractivity contribution is 7.93. The Bertz CT molecular complexity index is 751. The molecule has 1 heterocycles. The second-order valence-electron chi connectivity index (χ2n) is 4.53. The second-order valence-corrected chi connectivity index (χ2v) is 6.33. The Labute approximate surface area is 122 Å². The quantitative estimate of drug-likeness (QED) is 0.874. The third kappa shape index (κ3) is 2.58. The lowest BCUT2D eigenvalue weighted by Crippen LogP contribution is -2.31. The van der Waals surface area contributed by atoms with Gasteiger partial charge < -0.3 is 10.3 Å². The van der Waals surface area contributed by atoms with Gasteiger partial charge in [0.2, 0.25) is 0 Å². The maximum Gasteiger partial charge on any atom is 0.269 e. The van der Waals surface area contributed by atoms with Gasteiger partial charge in [0.15, 0.2) is 10.7 Å². The zero-order valence-corrected chi connectivity index (χ0v) is 12.7. The largest absolute Gasteiger partial charge is 0.396 e. The number of hydrogen-bond donors (Lipinski definition) is 1. The van der Waals surface area contributed by atoms with Gasteiger partial charge in [-0.05, 0) is 39.0 Å². The van der Waals surface area contributed by atoms with Crippen molar-refractivity contribution in [1.82, 2.24) is 5.16 Å². The Hall–Kier alpha value is -2.09. The molecule has 0 amide bonds. The van der Waals surface area contributed by atoms with Gasteiger partial charge >= 0.3 is 0 Å². The molecule has 2 rings (SSSR count). The van der Waals surface area contributed by atoms with Crippen molar-refractivity contribution in [1.29, 1.82) is 0 Å². The molecule has 0 spiro atoms. The summed E-state index contributed by atoms with van der Waals surface area (Å²) in [6.45, 7) is 4.92. The average Bonchev–Trinajstić information content (AvgIpc) is 2.74. The van der Waals surface area contributed by atoms with Gasteiger partial charge in [0.25, 0.3) is 10.0 Å². The number of aryl methyl sites for hydroxylation is 2. The molecule has 114 valence electrons. The topological polar surface area (TPSA) is 89.4 Å². The average molecular weight is 313 g/mol. The molecule has 0 saturated heterocycles. The van der Waals surface area contributed by atoms with E-state index in [9.17, 15) is 12.8 Å². The number of nitrogens with zero attached hydrogens (tertiary/aromatic N) is 2. The third-order valence-electron chi connectivity index (χ3n) is 3.07. The molecule has 21 heavy (non-hydrogen) atoms. The highest BCUT2D eigenvalue weighted by Crippen LogP contribution is 2.29. The van der Waals surface area contributed by atoms with Crippen LogP contribution >= 0.6 is 0 Å². The number of anilines is 2. The zero-order chi connectivity index (χ0) is 15.8. The van der Waals surface area contributed by atoms with E-state index in [2.05, 4.69) is 5.16 Å². The minimum atomic E-state index is -3.85. The van der Waals surface area contributed by atoms with Crippen LogP contribution < -0.4 is 10.0 Å². The van der Waals surface area contributed by atoms with Crippen molar-refractivity contribution in [2.75, 3.05) is 16.6 Å². The first-order valence-corrected chi connectivity index (χ1v) is 7.73. The zero-order valence-electron chi connectivity index (χ0n) is 11.9. The van der Waals surface area contributed by atoms with E-state index in [0.717, 1.165) is 10.4 Å². The smallest absolute Gasteiger partial charge is 0.269 e. The molecule has 1 aromatic heterocycles. The van der Waals surface area contributed by atoms with E-state index in [4.69, 9.17) is 10.3 Å². The molecule has 0 aliphatic rings. The van der Waals surface area contributed by atoms with Crippen molar-refractivity contribution >= 4 is 21.4 Å². The highest BCUT2D eigenvalue weighted by Gasteiger charge is 2.30. The molecule has 0 aliphatic carbocycles. The van der Waals surface area contributed by atoms with Crippen molar-refractivity contribution in [3.05, 3.63) is 35.5 Å². The van der Waals surface area contributed by atoms with Crippen molar-refractivity contribution in [3.63, 3.8) is 0 Å². The van der Waals surface area contributed by atoms with Gasteiger partial charge in [0, 0.05) is 6.54 Å². The van der Waals surface area contributed by atoms with Crippen molar-refractivity contribution in [2.24, 2.45) is 0 Å². The molecule has 0 saturated carbocycles. The van der Waals surface area contributed by atoms with Gasteiger partial charge in [-0.1, -0.05) is 5.16 Å². The molecule has 0 radical (unpaired) electrons. The van der Waals surface area contributed by atoms with Crippen LogP contribution in [0.4, 0.5) is 15.8 Å². The van der Waals surface area contributed by atoms with Crippen molar-refractivity contribution in [2.45, 2.75) is 25.7 Å². The number of sulfonamides is 1. The predicted molar refractivity (Wildman–Crippen MR) is 77.0 cm³/mol. The summed E-state index contributed by atoms with van der Waals surface area (Å²) in [6.07, 6.45) is 0. The van der Waals surface area contributed by atoms with Crippen LogP contribution in [0.3, 0.4) is 0 Å². The molecule has 0 bridgehead atoms. The molecule has 0 atom stereocenters. The van der Waals surface area contributed by atoms with Gasteiger partial charge in [-0.3, -0.25) is 4.31 Å².